The van der Waals surface area contributed by atoms with Crippen molar-refractivity contribution in [3.05, 3.63) is 102 Å². The van der Waals surface area contributed by atoms with E-state index >= 15 is 0 Å². The highest BCUT2D eigenvalue weighted by molar-refractivity contribution is 5.90. The highest BCUT2D eigenvalue weighted by atomic mass is 16.5. The van der Waals surface area contributed by atoms with Gasteiger partial charge in [0.05, 0.1) is 33.0 Å². The van der Waals surface area contributed by atoms with Crippen molar-refractivity contribution in [2.24, 2.45) is 5.92 Å². The molecule has 3 aromatic carbocycles. The van der Waals surface area contributed by atoms with Crippen molar-refractivity contribution in [1.29, 1.82) is 0 Å². The summed E-state index contributed by atoms with van der Waals surface area (Å²) in [7, 11) is 3.41. The lowest BCUT2D eigenvalue weighted by molar-refractivity contribution is -0.134. The summed E-state index contributed by atoms with van der Waals surface area (Å²) >= 11 is 0. The lowest BCUT2D eigenvalue weighted by atomic mass is 9.76. The molecule has 0 aromatic heterocycles. The third-order valence-electron chi connectivity index (χ3n) is 7.67. The number of carbonyl (C=O) groups is 3. The average Bonchev–Trinajstić information content (AvgIpc) is 3.08. The largest absolute Gasteiger partial charge is 0.497 e. The predicted octanol–water partition coefficient (Wildman–Crippen LogP) is 5.08. The van der Waals surface area contributed by atoms with E-state index in [2.05, 4.69) is 53.4 Å². The van der Waals surface area contributed by atoms with Crippen molar-refractivity contribution in [1.82, 2.24) is 4.90 Å². The molecule has 0 atom stereocenters. The molecule has 0 aliphatic carbocycles. The van der Waals surface area contributed by atoms with Crippen molar-refractivity contribution in [3.8, 4) is 17.2 Å². The van der Waals surface area contributed by atoms with Crippen LogP contribution in [0.1, 0.15) is 53.6 Å². The average molecular weight is 652 g/mol. The van der Waals surface area contributed by atoms with Gasteiger partial charge in [0.15, 0.2) is 0 Å². The molecular weight excluding hydrogens is 606 g/mol. The van der Waals surface area contributed by atoms with Gasteiger partial charge in [0.2, 0.25) is 0 Å². The van der Waals surface area contributed by atoms with Gasteiger partial charge in [-0.05, 0) is 105 Å². The molecule has 1 aliphatic heterocycles. The maximum atomic E-state index is 11.8. The number of hydrogen-bond donors (Lipinski definition) is 2. The molecule has 1 heterocycles. The first-order valence-corrected chi connectivity index (χ1v) is 15.3. The number of ether oxygens (including phenoxy) is 4. The fourth-order valence-electron chi connectivity index (χ4n) is 5.39. The molecule has 0 spiro atoms. The predicted molar refractivity (Wildman–Crippen MR) is 178 cm³/mol. The second kappa shape index (κ2) is 20.3. The first-order chi connectivity index (χ1) is 22.2. The van der Waals surface area contributed by atoms with Gasteiger partial charge in [-0.25, -0.2) is 14.4 Å². The molecule has 3 aromatic rings. The highest BCUT2D eigenvalue weighted by Crippen LogP contribution is 2.39. The van der Waals surface area contributed by atoms with E-state index in [4.69, 9.17) is 29.2 Å². The van der Waals surface area contributed by atoms with Crippen LogP contribution in [-0.4, -0.2) is 85.6 Å². The van der Waals surface area contributed by atoms with Crippen LogP contribution in [0.3, 0.4) is 0 Å². The van der Waals surface area contributed by atoms with Gasteiger partial charge < -0.3 is 39.5 Å². The molecule has 0 amide bonds. The number of methoxy groups -OCH3 is 2. The minimum atomic E-state index is -1.26. The van der Waals surface area contributed by atoms with Gasteiger partial charge in [0.25, 0.3) is 0 Å². The smallest absolute Gasteiger partial charge is 0.338 e. The van der Waals surface area contributed by atoms with E-state index in [1.807, 2.05) is 12.1 Å². The zero-order chi connectivity index (χ0) is 33.3. The molecular formula is C36H45NO10. The lowest BCUT2D eigenvalue weighted by Gasteiger charge is -2.36. The number of rotatable bonds is 14. The fourth-order valence-corrected chi connectivity index (χ4v) is 5.39. The van der Waals surface area contributed by atoms with E-state index in [1.165, 1.54) is 11.1 Å². The second-order valence-corrected chi connectivity index (χ2v) is 10.7. The summed E-state index contributed by atoms with van der Waals surface area (Å²) in [5.41, 5.74) is 3.21. The van der Waals surface area contributed by atoms with E-state index < -0.39 is 11.9 Å². The summed E-state index contributed by atoms with van der Waals surface area (Å²) in [5.74, 6) is 0.641. The van der Waals surface area contributed by atoms with Crippen molar-refractivity contribution in [2.45, 2.75) is 32.1 Å². The summed E-state index contributed by atoms with van der Waals surface area (Å²) < 4.78 is 21.7. The number of carbonyl (C=O) groups excluding carboxylic acids is 1. The van der Waals surface area contributed by atoms with E-state index in [1.54, 1.807) is 33.3 Å². The number of carboxylic acids is 2. The van der Waals surface area contributed by atoms with Gasteiger partial charge in [-0.1, -0.05) is 24.3 Å². The van der Waals surface area contributed by atoms with Gasteiger partial charge >= 0.3 is 17.9 Å². The standard InChI is InChI=1S/C32H39NO5.C4H4O4.H2O/c1-4-37-32(34)27-10-16-30(17-11-27)38-23-5-20-33-21-18-26(19-22-33)31(24-6-12-28(35-2)13-7-24)25-8-14-29(36-3)15-9-25;5-3(6)1-2-4(7)8;/h6-17,26,31H,4-5,18-23H2,1-3H3;1-2H,(H,5,6)(H,7,8);1H2. The molecule has 47 heavy (non-hydrogen) atoms. The quantitative estimate of drug-likeness (QED) is 0.137. The maximum Gasteiger partial charge on any atom is 0.338 e. The minimum absolute atomic E-state index is 0. The van der Waals surface area contributed by atoms with Crippen molar-refractivity contribution >= 4 is 17.9 Å². The molecule has 0 radical (unpaired) electrons. The van der Waals surface area contributed by atoms with Crippen molar-refractivity contribution in [2.75, 3.05) is 47.1 Å². The summed E-state index contributed by atoms with van der Waals surface area (Å²) in [6, 6.07) is 24.2. The van der Waals surface area contributed by atoms with Gasteiger partial charge in [0.1, 0.15) is 17.2 Å². The summed E-state index contributed by atoms with van der Waals surface area (Å²) in [4.78, 5) is 33.4. The Kier molecular flexibility index (Phi) is 16.5. The normalized spacial score (nSPS) is 13.2. The molecule has 4 rings (SSSR count). The topological polar surface area (TPSA) is 163 Å². The summed E-state index contributed by atoms with van der Waals surface area (Å²) in [6.45, 7) is 6.02. The molecule has 1 saturated heterocycles. The lowest BCUT2D eigenvalue weighted by Crippen LogP contribution is -2.36. The van der Waals surface area contributed by atoms with Crippen LogP contribution in [0.15, 0.2) is 84.9 Å². The van der Waals surface area contributed by atoms with Crippen molar-refractivity contribution in [3.63, 3.8) is 0 Å². The van der Waals surface area contributed by atoms with E-state index in [0.717, 1.165) is 56.1 Å². The molecule has 4 N–H and O–H groups in total. The number of piperidine rings is 1. The van der Waals surface area contributed by atoms with E-state index in [0.29, 0.717) is 42.8 Å². The number of esters is 1. The number of aliphatic carboxylic acids is 2. The molecule has 0 saturated carbocycles. The first-order valence-electron chi connectivity index (χ1n) is 15.3. The molecule has 1 aliphatic rings. The van der Waals surface area contributed by atoms with Gasteiger partial charge in [-0.3, -0.25) is 0 Å². The zero-order valence-electron chi connectivity index (χ0n) is 27.1. The van der Waals surface area contributed by atoms with Gasteiger partial charge in [-0.15, -0.1) is 0 Å². The van der Waals surface area contributed by atoms with Gasteiger partial charge in [-0.2, -0.15) is 0 Å². The Hall–Kier alpha value is -4.87. The third kappa shape index (κ3) is 12.8. The highest BCUT2D eigenvalue weighted by Gasteiger charge is 2.29. The molecule has 11 nitrogen and oxygen atoms in total. The van der Waals surface area contributed by atoms with Crippen LogP contribution in [-0.2, 0) is 14.3 Å². The second-order valence-electron chi connectivity index (χ2n) is 10.7. The Balaban J connectivity index is 0.000000758. The number of carboxylic acid groups (broad SMARTS) is 2. The Morgan fingerprint density at radius 2 is 1.26 bits per heavy atom. The molecule has 0 unspecified atom stereocenters. The fraction of sp³-hybridized carbons (Fsp3) is 0.361. The Labute approximate surface area is 275 Å². The maximum absolute atomic E-state index is 11.8. The molecule has 0 bridgehead atoms. The van der Waals surface area contributed by atoms with Crippen LogP contribution in [0, 0.1) is 5.92 Å². The molecule has 11 heteroatoms. The number of hydrogen-bond acceptors (Lipinski definition) is 8. The van der Waals surface area contributed by atoms with Crippen LogP contribution in [0.4, 0.5) is 0 Å². The van der Waals surface area contributed by atoms with Crippen LogP contribution in [0.2, 0.25) is 0 Å². The van der Waals surface area contributed by atoms with Crippen molar-refractivity contribution < 1.29 is 49.0 Å². The Bertz CT molecular complexity index is 1330. The van der Waals surface area contributed by atoms with Crippen LogP contribution < -0.4 is 14.2 Å². The SMILES string of the molecule is CCOC(=O)c1ccc(OCCCN2CCC(C(c3ccc(OC)cc3)c3ccc(OC)cc3)CC2)cc1.O.O=C(O)C=CC(=O)O. The zero-order valence-corrected chi connectivity index (χ0v) is 27.1. The summed E-state index contributed by atoms with van der Waals surface area (Å²) in [5, 5.41) is 15.6. The van der Waals surface area contributed by atoms with E-state index in [9.17, 15) is 14.4 Å². The van der Waals surface area contributed by atoms with Crippen LogP contribution in [0.5, 0.6) is 17.2 Å². The number of likely N-dealkylation sites (tertiary alicyclic amines) is 1. The van der Waals surface area contributed by atoms with E-state index in [-0.39, 0.29) is 11.4 Å². The third-order valence-corrected chi connectivity index (χ3v) is 7.67. The monoisotopic (exact) mass is 651 g/mol. The number of benzene rings is 3. The van der Waals surface area contributed by atoms with Crippen LogP contribution in [0.25, 0.3) is 0 Å². The Morgan fingerprint density at radius 3 is 1.68 bits per heavy atom. The number of nitrogens with zero attached hydrogens (tertiary/aromatic N) is 1. The minimum Gasteiger partial charge on any atom is -0.497 e. The molecule has 1 fully saturated rings. The van der Waals surface area contributed by atoms with Gasteiger partial charge in [0, 0.05) is 24.6 Å². The van der Waals surface area contributed by atoms with Crippen LogP contribution >= 0.6 is 0 Å². The summed E-state index contributed by atoms with van der Waals surface area (Å²) in [6.07, 6.45) is 4.38. The first kappa shape index (κ1) is 38.3. The Morgan fingerprint density at radius 1 is 0.787 bits per heavy atom. The molecule has 254 valence electrons.